The number of nitrogens with two attached hydrogens (primary N) is 1. The minimum Gasteiger partial charge on any atom is -0.389 e. The third kappa shape index (κ3) is 27.5. The molecule has 0 saturated heterocycles. The Kier molecular flexibility index (Phi) is 36.4. The van der Waals surface area contributed by atoms with Gasteiger partial charge in [0.15, 0.2) is 0 Å². The fourth-order valence-corrected chi connectivity index (χ4v) is 9.67. The average molecular weight is 848 g/mol. The molecule has 0 bridgehead atoms. The van der Waals surface area contributed by atoms with Gasteiger partial charge in [-0.1, -0.05) is 33.1 Å². The standard InChI is InChI=1S/C37H85N5O12Si2/c1-9-11-14-34(10-2)30-54-33-35(43)27-41(20-15-38)21-18-39-16-17-40-19-22-42(28-36(44)31-52-23-12-25-55(46-3,47-4)48-5)29-37(45)32-53-24-13-26-56(49-6,50-7)51-8/h34-37,39-40,43-45H,9-33,38H2,1-8H3. The molecular formula is C37H85N5O12Si2. The van der Waals surface area contributed by atoms with E-state index in [9.17, 15) is 15.3 Å². The fraction of sp³-hybridized carbons (Fsp3) is 1.00. The Labute approximate surface area is 342 Å². The Hall–Kier alpha value is -0.246. The maximum Gasteiger partial charge on any atom is 0.500 e. The second kappa shape index (κ2) is 36.6. The smallest absolute Gasteiger partial charge is 0.389 e. The molecule has 4 atom stereocenters. The van der Waals surface area contributed by atoms with E-state index in [-0.39, 0.29) is 13.2 Å². The van der Waals surface area contributed by atoms with E-state index < -0.39 is 35.9 Å². The van der Waals surface area contributed by atoms with E-state index in [1.54, 1.807) is 42.7 Å². The molecule has 56 heavy (non-hydrogen) atoms. The number of nitrogens with one attached hydrogen (secondary N) is 2. The minimum absolute atomic E-state index is 0.162. The van der Waals surface area contributed by atoms with Gasteiger partial charge in [-0.2, -0.15) is 0 Å². The molecule has 0 rings (SSSR count). The number of hydrogen-bond donors (Lipinski definition) is 6. The molecule has 0 amide bonds. The topological polar surface area (TPSA) is 200 Å². The van der Waals surface area contributed by atoms with E-state index in [0.29, 0.717) is 103 Å². The van der Waals surface area contributed by atoms with Gasteiger partial charge >= 0.3 is 17.6 Å². The van der Waals surface area contributed by atoms with Crippen LogP contribution < -0.4 is 16.4 Å². The van der Waals surface area contributed by atoms with Crippen LogP contribution in [0.5, 0.6) is 0 Å². The van der Waals surface area contributed by atoms with Crippen LogP contribution in [0.15, 0.2) is 0 Å². The van der Waals surface area contributed by atoms with Crippen molar-refractivity contribution in [3.63, 3.8) is 0 Å². The number of nitrogens with zero attached hydrogens (tertiary/aromatic N) is 2. The maximum atomic E-state index is 10.8. The lowest BCUT2D eigenvalue weighted by Gasteiger charge is -2.28. The summed E-state index contributed by atoms with van der Waals surface area (Å²) in [5, 5.41) is 39.1. The Balaban J connectivity index is 4.74. The largest absolute Gasteiger partial charge is 0.500 e. The average Bonchev–Trinajstić information content (AvgIpc) is 3.20. The van der Waals surface area contributed by atoms with Gasteiger partial charge in [0.05, 0.1) is 38.1 Å². The summed E-state index contributed by atoms with van der Waals surface area (Å²) in [5.41, 5.74) is 5.85. The molecule has 0 aliphatic carbocycles. The predicted octanol–water partition coefficient (Wildman–Crippen LogP) is 0.614. The normalized spacial score (nSPS) is 14.9. The number of aliphatic hydroxyl groups is 3. The van der Waals surface area contributed by atoms with Gasteiger partial charge in [-0.05, 0) is 25.2 Å². The summed E-state index contributed by atoms with van der Waals surface area (Å²) in [6, 6.07) is 1.22. The Bertz CT molecular complexity index is 807. The second-order valence-corrected chi connectivity index (χ2v) is 20.4. The van der Waals surface area contributed by atoms with Gasteiger partial charge < -0.3 is 72.5 Å². The number of aliphatic hydroxyl groups excluding tert-OH is 3. The first kappa shape index (κ1) is 55.8. The SMILES string of the molecule is CCCCC(CC)COCC(O)CN(CCN)CCNCCNCCN(CC(O)COCCC[Si](OC)(OC)OC)CC(O)COCCC[Si](OC)(OC)OC. The molecule has 0 aliphatic rings. The molecular weight excluding hydrogens is 763 g/mol. The van der Waals surface area contributed by atoms with Crippen molar-refractivity contribution in [2.24, 2.45) is 11.7 Å². The highest BCUT2D eigenvalue weighted by molar-refractivity contribution is 6.60. The molecule has 17 nitrogen and oxygen atoms in total. The molecule has 0 saturated carbocycles. The van der Waals surface area contributed by atoms with E-state index in [1.165, 1.54) is 19.3 Å². The van der Waals surface area contributed by atoms with Crippen LogP contribution in [-0.2, 0) is 40.8 Å². The van der Waals surface area contributed by atoms with Crippen LogP contribution in [0.25, 0.3) is 0 Å². The van der Waals surface area contributed by atoms with Crippen LogP contribution in [0, 0.1) is 5.92 Å². The first-order chi connectivity index (χ1) is 27.0. The highest BCUT2D eigenvalue weighted by atomic mass is 28.4. The minimum atomic E-state index is -2.67. The predicted molar refractivity (Wildman–Crippen MR) is 224 cm³/mol. The van der Waals surface area contributed by atoms with Gasteiger partial charge in [0.1, 0.15) is 0 Å². The fourth-order valence-electron chi connectivity index (χ4n) is 6.29. The van der Waals surface area contributed by atoms with Gasteiger partial charge in [-0.25, -0.2) is 0 Å². The van der Waals surface area contributed by atoms with Gasteiger partial charge in [0.25, 0.3) is 0 Å². The molecule has 0 aliphatic heterocycles. The molecule has 19 heteroatoms. The van der Waals surface area contributed by atoms with Crippen LogP contribution in [-0.4, -0.2) is 215 Å². The molecule has 0 aromatic carbocycles. The van der Waals surface area contributed by atoms with Crippen molar-refractivity contribution in [1.29, 1.82) is 0 Å². The lowest BCUT2D eigenvalue weighted by molar-refractivity contribution is -0.0103. The zero-order valence-corrected chi connectivity index (χ0v) is 38.5. The molecule has 338 valence electrons. The number of hydrogen-bond acceptors (Lipinski definition) is 17. The molecule has 7 N–H and O–H groups in total. The Morgan fingerprint density at radius 2 is 0.982 bits per heavy atom. The summed E-state index contributed by atoms with van der Waals surface area (Å²) < 4.78 is 50.2. The first-order valence-corrected chi connectivity index (χ1v) is 24.6. The van der Waals surface area contributed by atoms with Gasteiger partial charge in [-0.3, -0.25) is 9.80 Å². The second-order valence-electron chi connectivity index (χ2n) is 14.2. The van der Waals surface area contributed by atoms with Crippen LogP contribution in [0.1, 0.15) is 52.4 Å². The lowest BCUT2D eigenvalue weighted by atomic mass is 10.0. The van der Waals surface area contributed by atoms with Crippen LogP contribution in [0.3, 0.4) is 0 Å². The van der Waals surface area contributed by atoms with Crippen molar-refractivity contribution in [1.82, 2.24) is 20.4 Å². The van der Waals surface area contributed by atoms with Gasteiger partial charge in [0.2, 0.25) is 0 Å². The van der Waals surface area contributed by atoms with E-state index in [4.69, 9.17) is 46.5 Å². The first-order valence-electron chi connectivity index (χ1n) is 20.7. The van der Waals surface area contributed by atoms with E-state index in [2.05, 4.69) is 29.4 Å². The van der Waals surface area contributed by atoms with Crippen molar-refractivity contribution in [3.05, 3.63) is 0 Å². The highest BCUT2D eigenvalue weighted by Crippen LogP contribution is 2.16. The maximum absolute atomic E-state index is 10.8. The monoisotopic (exact) mass is 848 g/mol. The van der Waals surface area contributed by atoms with Crippen LogP contribution in [0.2, 0.25) is 12.1 Å². The number of unbranched alkanes of at least 4 members (excludes halogenated alkanes) is 1. The third-order valence-corrected chi connectivity index (χ3v) is 15.4. The number of ether oxygens (including phenoxy) is 3. The van der Waals surface area contributed by atoms with Crippen molar-refractivity contribution in [3.8, 4) is 0 Å². The van der Waals surface area contributed by atoms with E-state index in [0.717, 1.165) is 32.6 Å². The highest BCUT2D eigenvalue weighted by Gasteiger charge is 2.37. The van der Waals surface area contributed by atoms with Crippen LogP contribution in [0.4, 0.5) is 0 Å². The van der Waals surface area contributed by atoms with Crippen molar-refractivity contribution < 1.29 is 56.1 Å². The van der Waals surface area contributed by atoms with Crippen molar-refractivity contribution >= 4 is 17.6 Å². The molecule has 0 spiro atoms. The summed E-state index contributed by atoms with van der Waals surface area (Å²) in [6.07, 6.45) is 4.00. The quantitative estimate of drug-likeness (QED) is 0.0368. The zero-order chi connectivity index (χ0) is 41.9. The summed E-state index contributed by atoms with van der Waals surface area (Å²) in [6.45, 7) is 13.4. The molecule has 0 aromatic rings. The van der Waals surface area contributed by atoms with Crippen LogP contribution >= 0.6 is 0 Å². The summed E-state index contributed by atoms with van der Waals surface area (Å²) in [4.78, 5) is 4.19. The van der Waals surface area contributed by atoms with Crippen molar-refractivity contribution in [2.75, 3.05) is 154 Å². The van der Waals surface area contributed by atoms with Gasteiger partial charge in [0, 0.05) is 147 Å². The molecule has 4 unspecified atom stereocenters. The molecule has 0 fully saturated rings. The van der Waals surface area contributed by atoms with Crippen molar-refractivity contribution in [2.45, 2.75) is 82.8 Å². The summed E-state index contributed by atoms with van der Waals surface area (Å²) in [5.74, 6) is 0.553. The van der Waals surface area contributed by atoms with Gasteiger partial charge in [-0.15, -0.1) is 0 Å². The Morgan fingerprint density at radius 3 is 1.39 bits per heavy atom. The molecule has 0 radical (unpaired) electrons. The summed E-state index contributed by atoms with van der Waals surface area (Å²) >= 11 is 0. The number of rotatable bonds is 43. The molecule has 0 heterocycles. The third-order valence-electron chi connectivity index (χ3n) is 9.78. The Morgan fingerprint density at radius 1 is 0.554 bits per heavy atom. The zero-order valence-electron chi connectivity index (χ0n) is 36.5. The van der Waals surface area contributed by atoms with E-state index >= 15 is 0 Å². The molecule has 0 aromatic heterocycles. The summed E-state index contributed by atoms with van der Waals surface area (Å²) in [7, 11) is 4.17. The lowest BCUT2D eigenvalue weighted by Crippen LogP contribution is -2.45. The van der Waals surface area contributed by atoms with E-state index in [1.807, 2.05) is 4.90 Å².